The first-order valence-corrected chi connectivity index (χ1v) is 7.82. The second-order valence-electron chi connectivity index (χ2n) is 5.64. The fourth-order valence-electron chi connectivity index (χ4n) is 2.37. The lowest BCUT2D eigenvalue weighted by atomic mass is 10.1. The summed E-state index contributed by atoms with van der Waals surface area (Å²) in [5, 5.41) is 2.92. The number of benzene rings is 2. The molecule has 0 aliphatic rings. The Morgan fingerprint density at radius 1 is 1.08 bits per heavy atom. The maximum atomic E-state index is 12.4. The normalized spacial score (nSPS) is 11.9. The Morgan fingerprint density at radius 3 is 2.38 bits per heavy atom. The van der Waals surface area contributed by atoms with Crippen molar-refractivity contribution in [3.05, 3.63) is 54.1 Å². The molecule has 0 aromatic heterocycles. The molecule has 5 heteroatoms. The molecule has 0 bridgehead atoms. The van der Waals surface area contributed by atoms with Crippen LogP contribution in [-0.2, 0) is 11.3 Å². The van der Waals surface area contributed by atoms with Gasteiger partial charge >= 0.3 is 0 Å². The minimum absolute atomic E-state index is 0.0378. The Labute approximate surface area is 143 Å². The summed E-state index contributed by atoms with van der Waals surface area (Å²) in [5.74, 6) is 1.34. The smallest absolute Gasteiger partial charge is 0.241 e. The van der Waals surface area contributed by atoms with Gasteiger partial charge in [0.15, 0.2) is 11.5 Å². The second kappa shape index (κ2) is 8.36. The zero-order valence-electron chi connectivity index (χ0n) is 14.6. The number of likely N-dealkylation sites (N-methyl/N-ethyl adjacent to an activating group) is 1. The van der Waals surface area contributed by atoms with Crippen molar-refractivity contribution in [2.45, 2.75) is 19.5 Å². The molecular formula is C19H24N2O3. The van der Waals surface area contributed by atoms with Crippen LogP contribution in [0.15, 0.2) is 48.5 Å². The lowest BCUT2D eigenvalue weighted by molar-refractivity contribution is -0.120. The number of methoxy groups -OCH3 is 2. The fraction of sp³-hybridized carbons (Fsp3) is 0.316. The maximum Gasteiger partial charge on any atom is 0.241 e. The van der Waals surface area contributed by atoms with Crippen molar-refractivity contribution >= 4 is 11.6 Å². The standard InChI is InChI=1S/C19H24N2O3/c1-14(19(22)20-16-8-6-5-7-9-16)21(2)13-15-10-11-17(23-3)18(12-15)24-4/h5-12,14H,13H2,1-4H3,(H,20,22)/t14-/m1/s1. The van der Waals surface area contributed by atoms with Gasteiger partial charge in [0.05, 0.1) is 20.3 Å². The van der Waals surface area contributed by atoms with Crippen molar-refractivity contribution in [1.82, 2.24) is 4.90 Å². The zero-order chi connectivity index (χ0) is 17.5. The number of carbonyl (C=O) groups is 1. The molecule has 0 spiro atoms. The molecule has 0 aliphatic heterocycles. The number of hydrogen-bond donors (Lipinski definition) is 1. The number of amides is 1. The maximum absolute atomic E-state index is 12.4. The fourth-order valence-corrected chi connectivity index (χ4v) is 2.37. The number of rotatable bonds is 7. The zero-order valence-corrected chi connectivity index (χ0v) is 14.6. The highest BCUT2D eigenvalue weighted by Crippen LogP contribution is 2.28. The van der Waals surface area contributed by atoms with Gasteiger partial charge in [0.2, 0.25) is 5.91 Å². The number of nitrogens with one attached hydrogen (secondary N) is 1. The number of para-hydroxylation sites is 1. The van der Waals surface area contributed by atoms with Gasteiger partial charge in [-0.25, -0.2) is 0 Å². The van der Waals surface area contributed by atoms with Gasteiger partial charge in [0.1, 0.15) is 0 Å². The average Bonchev–Trinajstić information content (AvgIpc) is 2.61. The van der Waals surface area contributed by atoms with Crippen LogP contribution in [0.1, 0.15) is 12.5 Å². The van der Waals surface area contributed by atoms with E-state index in [1.54, 1.807) is 14.2 Å². The van der Waals surface area contributed by atoms with Crippen LogP contribution in [0.3, 0.4) is 0 Å². The van der Waals surface area contributed by atoms with E-state index in [2.05, 4.69) is 5.32 Å². The van der Waals surface area contributed by atoms with Crippen molar-refractivity contribution in [2.75, 3.05) is 26.6 Å². The van der Waals surface area contributed by atoms with Crippen LogP contribution < -0.4 is 14.8 Å². The van der Waals surface area contributed by atoms with E-state index in [1.165, 1.54) is 0 Å². The van der Waals surface area contributed by atoms with E-state index in [1.807, 2.05) is 67.4 Å². The molecule has 2 aromatic rings. The number of nitrogens with zero attached hydrogens (tertiary/aromatic N) is 1. The Hall–Kier alpha value is -2.53. The summed E-state index contributed by atoms with van der Waals surface area (Å²) in [5.41, 5.74) is 1.85. The third kappa shape index (κ3) is 4.49. The molecule has 1 atom stereocenters. The molecule has 0 aliphatic carbocycles. The van der Waals surface area contributed by atoms with Crippen LogP contribution in [0, 0.1) is 0 Å². The molecule has 2 rings (SSSR count). The SMILES string of the molecule is COc1ccc(CN(C)[C@H](C)C(=O)Nc2ccccc2)cc1OC. The van der Waals surface area contributed by atoms with Gasteiger partial charge in [-0.2, -0.15) is 0 Å². The molecule has 0 fully saturated rings. The molecular weight excluding hydrogens is 304 g/mol. The highest BCUT2D eigenvalue weighted by molar-refractivity contribution is 5.94. The Morgan fingerprint density at radius 2 is 1.75 bits per heavy atom. The van der Waals surface area contributed by atoms with Crippen molar-refractivity contribution in [3.8, 4) is 11.5 Å². The number of ether oxygens (including phenoxy) is 2. The quantitative estimate of drug-likeness (QED) is 0.848. The number of anilines is 1. The van der Waals surface area contributed by atoms with E-state index in [9.17, 15) is 4.79 Å². The van der Waals surface area contributed by atoms with E-state index in [-0.39, 0.29) is 11.9 Å². The topological polar surface area (TPSA) is 50.8 Å². The summed E-state index contributed by atoms with van der Waals surface area (Å²) in [7, 11) is 5.15. The second-order valence-corrected chi connectivity index (χ2v) is 5.64. The molecule has 0 saturated heterocycles. The number of carbonyl (C=O) groups excluding carboxylic acids is 1. The first-order chi connectivity index (χ1) is 11.5. The van der Waals surface area contributed by atoms with E-state index >= 15 is 0 Å². The van der Waals surface area contributed by atoms with Gasteiger partial charge in [0, 0.05) is 12.2 Å². The first kappa shape index (κ1) is 17.8. The van der Waals surface area contributed by atoms with Crippen molar-refractivity contribution in [3.63, 3.8) is 0 Å². The highest BCUT2D eigenvalue weighted by Gasteiger charge is 2.18. The van der Waals surface area contributed by atoms with E-state index in [0.29, 0.717) is 18.0 Å². The Kier molecular flexibility index (Phi) is 6.21. The van der Waals surface area contributed by atoms with Crippen LogP contribution >= 0.6 is 0 Å². The van der Waals surface area contributed by atoms with E-state index in [0.717, 1.165) is 11.3 Å². The minimum atomic E-state index is -0.265. The highest BCUT2D eigenvalue weighted by atomic mass is 16.5. The molecule has 1 amide bonds. The van der Waals surface area contributed by atoms with Crippen molar-refractivity contribution < 1.29 is 14.3 Å². The van der Waals surface area contributed by atoms with Gasteiger partial charge in [-0.05, 0) is 43.8 Å². The summed E-state index contributed by atoms with van der Waals surface area (Å²) in [6.45, 7) is 2.52. The lowest BCUT2D eigenvalue weighted by Crippen LogP contribution is -2.39. The molecule has 1 N–H and O–H groups in total. The predicted molar refractivity (Wildman–Crippen MR) is 95.5 cm³/mol. The van der Waals surface area contributed by atoms with Crippen LogP contribution in [-0.4, -0.2) is 38.1 Å². The minimum Gasteiger partial charge on any atom is -0.493 e. The first-order valence-electron chi connectivity index (χ1n) is 7.82. The molecule has 128 valence electrons. The van der Waals surface area contributed by atoms with Crippen molar-refractivity contribution in [1.29, 1.82) is 0 Å². The monoisotopic (exact) mass is 328 g/mol. The predicted octanol–water partition coefficient (Wildman–Crippen LogP) is 3.16. The van der Waals surface area contributed by atoms with Crippen LogP contribution in [0.25, 0.3) is 0 Å². The molecule has 5 nitrogen and oxygen atoms in total. The lowest BCUT2D eigenvalue weighted by Gasteiger charge is -2.24. The van der Waals surface area contributed by atoms with Gasteiger partial charge < -0.3 is 14.8 Å². The van der Waals surface area contributed by atoms with Gasteiger partial charge in [-0.15, -0.1) is 0 Å². The third-order valence-corrected chi connectivity index (χ3v) is 3.96. The van der Waals surface area contributed by atoms with E-state index in [4.69, 9.17) is 9.47 Å². The van der Waals surface area contributed by atoms with Gasteiger partial charge in [-0.3, -0.25) is 9.69 Å². The molecule has 2 aromatic carbocycles. The summed E-state index contributed by atoms with van der Waals surface area (Å²) in [6, 6.07) is 15.0. The summed E-state index contributed by atoms with van der Waals surface area (Å²) in [6.07, 6.45) is 0. The van der Waals surface area contributed by atoms with E-state index < -0.39 is 0 Å². The molecule has 24 heavy (non-hydrogen) atoms. The summed E-state index contributed by atoms with van der Waals surface area (Å²) >= 11 is 0. The largest absolute Gasteiger partial charge is 0.493 e. The summed E-state index contributed by atoms with van der Waals surface area (Å²) < 4.78 is 10.6. The molecule has 0 heterocycles. The van der Waals surface area contributed by atoms with Crippen LogP contribution in [0.5, 0.6) is 11.5 Å². The van der Waals surface area contributed by atoms with Crippen molar-refractivity contribution in [2.24, 2.45) is 0 Å². The number of hydrogen-bond acceptors (Lipinski definition) is 4. The Balaban J connectivity index is 2.00. The Bertz CT molecular complexity index is 674. The van der Waals surface area contributed by atoms with Gasteiger partial charge in [-0.1, -0.05) is 24.3 Å². The third-order valence-electron chi connectivity index (χ3n) is 3.96. The summed E-state index contributed by atoms with van der Waals surface area (Å²) in [4.78, 5) is 14.4. The van der Waals surface area contributed by atoms with Gasteiger partial charge in [0.25, 0.3) is 0 Å². The van der Waals surface area contributed by atoms with Crippen LogP contribution in [0.4, 0.5) is 5.69 Å². The average molecular weight is 328 g/mol. The molecule has 0 radical (unpaired) electrons. The molecule has 0 unspecified atom stereocenters. The molecule has 0 saturated carbocycles. The van der Waals surface area contributed by atoms with Crippen LogP contribution in [0.2, 0.25) is 0 Å².